The summed E-state index contributed by atoms with van der Waals surface area (Å²) in [6.45, 7) is -1.55. The summed E-state index contributed by atoms with van der Waals surface area (Å²) in [6, 6.07) is 0. The van der Waals surface area contributed by atoms with E-state index in [0.29, 0.717) is 0 Å². The van der Waals surface area contributed by atoms with Gasteiger partial charge in [-0.05, 0) is 0 Å². The van der Waals surface area contributed by atoms with Crippen molar-refractivity contribution >= 4 is 79.9 Å². The van der Waals surface area contributed by atoms with Crippen LogP contribution in [-0.2, 0) is 0 Å². The third-order valence-corrected chi connectivity index (χ3v) is 8.42. The van der Waals surface area contributed by atoms with Gasteiger partial charge < -0.3 is 0 Å². The largest absolute Gasteiger partial charge is 0.403 e. The molecule has 0 aliphatic rings. The molecule has 0 heterocycles. The van der Waals surface area contributed by atoms with Crippen LogP contribution in [0.3, 0.4) is 0 Å². The average Bonchev–Trinajstić information content (AvgIpc) is 1.62. The van der Waals surface area contributed by atoms with E-state index in [0.717, 1.165) is 3.62 Å². The first kappa shape index (κ1) is 11.4. The number of halogens is 6. The Balaban J connectivity index is 4.50. The van der Waals surface area contributed by atoms with Crippen molar-refractivity contribution in [3.8, 4) is 0 Å². The van der Waals surface area contributed by atoms with Gasteiger partial charge in [0.1, 0.15) is 0 Å². The molecule has 0 bridgehead atoms. The predicted molar refractivity (Wildman–Crippen MR) is 49.2 cm³/mol. The first-order valence-electron chi connectivity index (χ1n) is 1.41. The summed E-state index contributed by atoms with van der Waals surface area (Å²) in [5.74, 6) is 0. The zero-order chi connectivity index (χ0) is 7.65. The molecule has 0 saturated heterocycles. The van der Waals surface area contributed by atoms with Gasteiger partial charge in [0.15, 0.2) is 0 Å². The Bertz CT molecular complexity index is 135. The van der Waals surface area contributed by atoms with Crippen LogP contribution in [0.4, 0.5) is 0 Å². The molecule has 0 aromatic heterocycles. The zero-order valence-corrected chi connectivity index (χ0v) is 9.93. The van der Waals surface area contributed by atoms with Crippen LogP contribution in [0.5, 0.6) is 0 Å². The van der Waals surface area contributed by atoms with Gasteiger partial charge in [0.25, 0.3) is 11.8 Å². The lowest BCUT2D eigenvalue weighted by Gasteiger charge is -1.93. The van der Waals surface area contributed by atoms with Gasteiger partial charge in [-0.1, -0.05) is 3.62 Å². The van der Waals surface area contributed by atoms with Crippen molar-refractivity contribution in [1.82, 2.24) is 0 Å². The minimum Gasteiger partial charge on any atom is -0.0635 e. The molecular formula is Cl6NP2+. The number of nitrogens with zero attached hydrogens (tertiary/aromatic N) is 1. The van der Waals surface area contributed by atoms with Crippen molar-refractivity contribution in [1.29, 1.82) is 0 Å². The molecule has 56 valence electrons. The van der Waals surface area contributed by atoms with E-state index < -0.39 is 11.9 Å². The molecule has 0 radical (unpaired) electrons. The van der Waals surface area contributed by atoms with Gasteiger partial charge in [-0.2, -0.15) is 0 Å². The van der Waals surface area contributed by atoms with Gasteiger partial charge in [-0.3, -0.25) is 0 Å². The van der Waals surface area contributed by atoms with Crippen molar-refractivity contribution in [2.45, 2.75) is 0 Å². The van der Waals surface area contributed by atoms with E-state index in [1.165, 1.54) is 0 Å². The Labute approximate surface area is 83.0 Å². The van der Waals surface area contributed by atoms with Crippen molar-refractivity contribution in [2.24, 2.45) is 0 Å². The minimum atomic E-state index is -2.78. The molecule has 9 heteroatoms. The van der Waals surface area contributed by atoms with Crippen LogP contribution < -0.4 is 0 Å². The maximum Gasteiger partial charge on any atom is 0.403 e. The first-order valence-corrected chi connectivity index (χ1v) is 9.31. The topological polar surface area (TPSA) is 3.01 Å². The highest BCUT2D eigenvalue weighted by molar-refractivity contribution is 8.26. The normalized spacial score (nSPS) is 12.3. The van der Waals surface area contributed by atoms with E-state index in [1.807, 2.05) is 0 Å². The highest BCUT2D eigenvalue weighted by Gasteiger charge is 2.29. The van der Waals surface area contributed by atoms with E-state index >= 15 is 0 Å². The Morgan fingerprint density at radius 2 is 1.44 bits per heavy atom. The summed E-state index contributed by atoms with van der Waals surface area (Å²) in [4.78, 5) is 0. The smallest absolute Gasteiger partial charge is 0.0635 e. The fourth-order valence-electron chi connectivity index (χ4n) is 0.0767. The fraction of sp³-hybridized carbons (Fsp3) is 0. The highest BCUT2D eigenvalue weighted by Crippen LogP contribution is 2.71. The number of hydrogen-bond acceptors (Lipinski definition) is 0. The summed E-state index contributed by atoms with van der Waals surface area (Å²) in [6.07, 6.45) is 0. The average molecular weight is 289 g/mol. The molecule has 0 aliphatic carbocycles. The van der Waals surface area contributed by atoms with Gasteiger partial charge in [0.05, 0.1) is 0 Å². The minimum absolute atomic E-state index is 0.829. The van der Waals surface area contributed by atoms with E-state index in [2.05, 4.69) is 0 Å². The maximum absolute atomic E-state index is 5.36. The Kier molecular flexibility index (Phi) is 5.61. The Morgan fingerprint density at radius 1 is 1.11 bits per heavy atom. The van der Waals surface area contributed by atoms with Gasteiger partial charge in [-0.25, -0.2) is 0 Å². The molecule has 0 aliphatic heterocycles. The zero-order valence-electron chi connectivity index (χ0n) is 3.61. The monoisotopic (exact) mass is 286 g/mol. The van der Waals surface area contributed by atoms with Gasteiger partial charge >= 0.3 is 11.9 Å². The molecule has 0 fully saturated rings. The van der Waals surface area contributed by atoms with Crippen molar-refractivity contribution in [3.05, 3.63) is 0 Å². The van der Waals surface area contributed by atoms with Gasteiger partial charge in [-0.15, -0.1) is 0 Å². The van der Waals surface area contributed by atoms with Crippen molar-refractivity contribution in [2.75, 3.05) is 0 Å². The highest BCUT2D eigenvalue weighted by atomic mass is 36.0. The van der Waals surface area contributed by atoms with Gasteiger partial charge in [0, 0.05) is 56.2 Å². The molecule has 0 amide bonds. The molecular weight excluding hydrogens is 289 g/mol. The van der Waals surface area contributed by atoms with E-state index in [-0.39, 0.29) is 0 Å². The quantitative estimate of drug-likeness (QED) is 0.441. The fourth-order valence-corrected chi connectivity index (χ4v) is 6.21. The molecule has 9 heavy (non-hydrogen) atoms. The summed E-state index contributed by atoms with van der Waals surface area (Å²) in [7, 11) is 0. The molecule has 0 aromatic rings. The number of hydrogen-bond donors (Lipinski definition) is 0. The van der Waals surface area contributed by atoms with Crippen LogP contribution in [0.25, 0.3) is 0 Å². The standard InChI is InChI=1S/Cl6NP2/c1-7(8(2)3)9(4,5)6/q+1. The third kappa shape index (κ3) is 4.77. The van der Waals surface area contributed by atoms with Crippen LogP contribution in [0.1, 0.15) is 0 Å². The van der Waals surface area contributed by atoms with E-state index in [4.69, 9.17) is 68.0 Å². The summed E-state index contributed by atoms with van der Waals surface area (Å²) >= 11 is 32.1. The van der Waals surface area contributed by atoms with Crippen LogP contribution >= 0.6 is 79.9 Å². The molecule has 0 N–H and O–H groups in total. The van der Waals surface area contributed by atoms with Crippen molar-refractivity contribution < 1.29 is 3.62 Å². The number of rotatable bonds is 1. The molecule has 0 spiro atoms. The lowest BCUT2D eigenvalue weighted by Crippen LogP contribution is -1.71. The third-order valence-electron chi connectivity index (χ3n) is 0.312. The molecule has 0 rings (SSSR count). The molecule has 0 saturated carbocycles. The lowest BCUT2D eigenvalue weighted by molar-refractivity contribution is -0.132. The van der Waals surface area contributed by atoms with Crippen LogP contribution in [0.15, 0.2) is 0 Å². The van der Waals surface area contributed by atoms with Gasteiger partial charge in [0.2, 0.25) is 0 Å². The van der Waals surface area contributed by atoms with E-state index in [1.54, 1.807) is 0 Å². The Morgan fingerprint density at radius 3 is 1.44 bits per heavy atom. The molecule has 0 unspecified atom stereocenters. The van der Waals surface area contributed by atoms with Crippen LogP contribution in [0.2, 0.25) is 0 Å². The van der Waals surface area contributed by atoms with E-state index in [9.17, 15) is 0 Å². The van der Waals surface area contributed by atoms with Crippen molar-refractivity contribution in [3.63, 3.8) is 0 Å². The molecule has 1 nitrogen and oxygen atoms in total. The Hall–Kier alpha value is 2.40. The van der Waals surface area contributed by atoms with Crippen LogP contribution in [-0.4, -0.2) is 3.62 Å². The second-order valence-corrected chi connectivity index (χ2v) is 12.5. The summed E-state index contributed by atoms with van der Waals surface area (Å²) in [5.41, 5.74) is 0. The summed E-state index contributed by atoms with van der Waals surface area (Å²) in [5, 5.41) is -2.78. The maximum atomic E-state index is 5.36. The molecule has 0 aromatic carbocycles. The lowest BCUT2D eigenvalue weighted by atomic mass is 13.9. The second kappa shape index (κ2) is 4.43. The first-order chi connectivity index (χ1) is 3.85. The second-order valence-electron chi connectivity index (χ2n) is 0.874. The summed E-state index contributed by atoms with van der Waals surface area (Å²) < 4.78 is 0.829. The van der Waals surface area contributed by atoms with Crippen LogP contribution in [0, 0.1) is 0 Å². The molecule has 0 atom stereocenters. The SMILES string of the molecule is Cl[N+](P(Cl)Cl)=P(Cl)(Cl)Cl. The predicted octanol–water partition coefficient (Wildman–Crippen LogP) is 5.52.